The molecule has 9 aromatic rings. The Hall–Kier alpha value is -7.65. The van der Waals surface area contributed by atoms with E-state index in [0.717, 1.165) is 30.4 Å². The summed E-state index contributed by atoms with van der Waals surface area (Å²) in [7, 11) is -2.48. The number of hydrogen-bond acceptors (Lipinski definition) is 0. The molecule has 0 radical (unpaired) electrons. The van der Waals surface area contributed by atoms with Crippen LogP contribution in [0.5, 0.6) is 0 Å². The molecule has 395 valence electrons. The quantitative estimate of drug-likeness (QED) is 0.105. The number of allylic oxidation sites excluding steroid dienone is 7. The summed E-state index contributed by atoms with van der Waals surface area (Å²) in [6, 6.07) is 76.1. The topological polar surface area (TPSA) is 0 Å². The molecular formula is C79H67OsP+. The SMILES string of the molecule is CC=C1CCCC1=CC(C#Cc1ccc2c(c1)C(C)(C)c1cc(-c3ccc4c(c3)C(C)(C)c3cc(-c5ccc6c(c5)C(C)(C)c5cc(/C=C/C)ccc5-6)ccc3-4)ccc1-2)=C([C]#[Os])[P+](c1ccccc1)(c1ccccc1)c1ccccc1. The van der Waals surface area contributed by atoms with E-state index in [1.165, 1.54) is 127 Å². The number of rotatable bonds is 8. The van der Waals surface area contributed by atoms with Crippen LogP contribution >= 0.6 is 7.26 Å². The average molecular weight is 1240 g/mol. The fourth-order valence-corrected chi connectivity index (χ4v) is 19.9. The Morgan fingerprint density at radius 2 is 0.827 bits per heavy atom. The Bertz CT molecular complexity index is 4190. The summed E-state index contributed by atoms with van der Waals surface area (Å²) in [5, 5.41) is 5.08. The minimum absolute atomic E-state index is 0.0809. The molecule has 4 aliphatic carbocycles. The molecule has 0 unspecified atom stereocenters. The molecule has 9 aromatic carbocycles. The van der Waals surface area contributed by atoms with Crippen molar-refractivity contribution in [2.45, 2.75) is 90.9 Å². The van der Waals surface area contributed by atoms with Crippen molar-refractivity contribution in [3.63, 3.8) is 0 Å². The van der Waals surface area contributed by atoms with Crippen LogP contribution in [-0.2, 0) is 34.2 Å². The molecule has 0 aliphatic heterocycles. The summed E-state index contributed by atoms with van der Waals surface area (Å²) in [4.78, 5) is 0. The fraction of sp³-hybridized carbons (Fsp3) is 0.177. The second kappa shape index (κ2) is 20.4. The van der Waals surface area contributed by atoms with E-state index in [-0.39, 0.29) is 16.2 Å². The van der Waals surface area contributed by atoms with Gasteiger partial charge in [0, 0.05) is 10.8 Å². The van der Waals surface area contributed by atoms with Gasteiger partial charge in [-0.05, 0) is 91.9 Å². The molecule has 81 heavy (non-hydrogen) atoms. The third-order valence-corrected chi connectivity index (χ3v) is 23.9. The van der Waals surface area contributed by atoms with Crippen LogP contribution in [0.25, 0.3) is 61.7 Å². The van der Waals surface area contributed by atoms with Crippen molar-refractivity contribution in [2.75, 3.05) is 0 Å². The van der Waals surface area contributed by atoms with Crippen molar-refractivity contribution in [1.82, 2.24) is 0 Å². The molecule has 1 saturated carbocycles. The zero-order chi connectivity index (χ0) is 55.8. The molecular weight excluding hydrogens is 1170 g/mol. The Kier molecular flexibility index (Phi) is 13.3. The van der Waals surface area contributed by atoms with Gasteiger partial charge in [-0.1, -0.05) is 94.4 Å². The Morgan fingerprint density at radius 1 is 0.444 bits per heavy atom. The van der Waals surface area contributed by atoms with E-state index >= 15 is 0 Å². The zero-order valence-electron chi connectivity index (χ0n) is 47.8. The first-order chi connectivity index (χ1) is 39.3. The first-order valence-electron chi connectivity index (χ1n) is 28.8. The van der Waals surface area contributed by atoms with E-state index in [1.807, 2.05) is 17.9 Å². The average Bonchev–Trinajstić information content (AvgIpc) is 4.28. The number of hydrogen-bond donors (Lipinski definition) is 0. The summed E-state index contributed by atoms with van der Waals surface area (Å²) in [6.07, 6.45) is 12.4. The molecule has 0 aromatic heterocycles. The van der Waals surface area contributed by atoms with Gasteiger partial charge >= 0.3 is 298 Å². The number of fused-ring (bicyclic) bond motifs is 9. The van der Waals surface area contributed by atoms with Crippen LogP contribution in [0.15, 0.2) is 240 Å². The predicted octanol–water partition coefficient (Wildman–Crippen LogP) is 19.1. The van der Waals surface area contributed by atoms with Crippen molar-refractivity contribution < 1.29 is 17.9 Å². The van der Waals surface area contributed by atoms with Gasteiger partial charge in [0.15, 0.2) is 0 Å². The van der Waals surface area contributed by atoms with E-state index < -0.39 is 7.26 Å². The van der Waals surface area contributed by atoms with Crippen LogP contribution in [0, 0.1) is 16.2 Å². The second-order valence-corrected chi connectivity index (χ2v) is 28.1. The molecule has 0 atom stereocenters. The van der Waals surface area contributed by atoms with Crippen molar-refractivity contribution in [1.29, 1.82) is 0 Å². The van der Waals surface area contributed by atoms with Crippen molar-refractivity contribution in [3.8, 4) is 71.8 Å². The van der Waals surface area contributed by atoms with Crippen LogP contribution in [-0.4, -0.2) is 0 Å². The van der Waals surface area contributed by atoms with Gasteiger partial charge in [-0.3, -0.25) is 0 Å². The molecule has 4 aliphatic rings. The molecule has 0 amide bonds. The van der Waals surface area contributed by atoms with Crippen LogP contribution < -0.4 is 15.9 Å². The monoisotopic (exact) mass is 1240 g/mol. The molecule has 1 fully saturated rings. The van der Waals surface area contributed by atoms with Crippen molar-refractivity contribution in [3.05, 3.63) is 285 Å². The van der Waals surface area contributed by atoms with Gasteiger partial charge in [0.2, 0.25) is 0 Å². The molecule has 0 N–H and O–H groups in total. The zero-order valence-corrected chi connectivity index (χ0v) is 51.2. The van der Waals surface area contributed by atoms with Gasteiger partial charge in [-0.2, -0.15) is 0 Å². The number of benzene rings is 9. The van der Waals surface area contributed by atoms with Gasteiger partial charge in [0.25, 0.3) is 0 Å². The van der Waals surface area contributed by atoms with Gasteiger partial charge < -0.3 is 0 Å². The molecule has 2 heteroatoms. The van der Waals surface area contributed by atoms with Crippen LogP contribution in [0.4, 0.5) is 0 Å². The third kappa shape index (κ3) is 8.57. The van der Waals surface area contributed by atoms with Gasteiger partial charge in [0.05, 0.1) is 0 Å². The van der Waals surface area contributed by atoms with Gasteiger partial charge in [-0.15, -0.1) is 0 Å². The third-order valence-electron chi connectivity index (χ3n) is 18.5. The van der Waals surface area contributed by atoms with Crippen LogP contribution in [0.2, 0.25) is 0 Å². The summed E-state index contributed by atoms with van der Waals surface area (Å²) in [5.41, 5.74) is 27.0. The summed E-state index contributed by atoms with van der Waals surface area (Å²) in [5.74, 6) is 7.71. The molecule has 0 heterocycles. The maximum atomic E-state index is 3.90. The standard InChI is InChI=1S/C79H67P.Os/c1-10-22-53-32-39-65-67-41-35-58(48-73(67)77(4,5)71(65)45-53)60-37-43-69-70-44-38-61(51-76(70)79(8,9)75(69)50-60)59-36-42-68-66-40-33-54(46-72(66)78(6,7)74(68)49-59)31-34-56(47-57-24-21-23-55(57)11-2)52(3)80(62-25-15-12-16-26-62,63-27-17-13-18-28-63)64-29-19-14-20-30-64;/h10-20,22,25-30,32-33,35-51H,21,23-24H2,1-2,4-9H3;/q+1;/b22-10+,55-11?,56-52?,57-47?;. The van der Waals surface area contributed by atoms with Crippen LogP contribution in [0.3, 0.4) is 0 Å². The first-order valence-corrected chi connectivity index (χ1v) is 31.9. The minimum atomic E-state index is -2.48. The predicted molar refractivity (Wildman–Crippen MR) is 343 cm³/mol. The van der Waals surface area contributed by atoms with Crippen molar-refractivity contribution in [2.24, 2.45) is 0 Å². The van der Waals surface area contributed by atoms with E-state index in [1.54, 1.807) is 0 Å². The molecule has 0 nitrogen and oxygen atoms in total. The van der Waals surface area contributed by atoms with Crippen LogP contribution in [0.1, 0.15) is 119 Å². The second-order valence-electron chi connectivity index (χ2n) is 24.1. The van der Waals surface area contributed by atoms with E-state index in [4.69, 9.17) is 0 Å². The summed E-state index contributed by atoms with van der Waals surface area (Å²) >= 11 is 1.83. The van der Waals surface area contributed by atoms with Gasteiger partial charge in [0.1, 0.15) is 0 Å². The molecule has 13 rings (SSSR count). The molecule has 0 bridgehead atoms. The molecule has 0 spiro atoms. The first kappa shape index (κ1) is 52.7. The summed E-state index contributed by atoms with van der Waals surface area (Å²) in [6.45, 7) is 18.7. The Morgan fingerprint density at radius 3 is 1.23 bits per heavy atom. The van der Waals surface area contributed by atoms with E-state index in [9.17, 15) is 0 Å². The Balaban J connectivity index is 0.841. The summed E-state index contributed by atoms with van der Waals surface area (Å²) < 4.78 is 3.90. The Labute approximate surface area is 491 Å². The van der Waals surface area contributed by atoms with Gasteiger partial charge in [-0.25, -0.2) is 0 Å². The maximum absolute atomic E-state index is 3.90. The normalized spacial score (nSPS) is 16.9. The fourth-order valence-electron chi connectivity index (χ4n) is 14.2. The van der Waals surface area contributed by atoms with E-state index in [0.29, 0.717) is 0 Å². The van der Waals surface area contributed by atoms with Crippen molar-refractivity contribution >= 4 is 29.3 Å². The molecule has 0 saturated heterocycles. The van der Waals surface area contributed by atoms with E-state index in [2.05, 4.69) is 296 Å².